The van der Waals surface area contributed by atoms with Crippen LogP contribution in [0.2, 0.25) is 0 Å². The highest BCUT2D eigenvalue weighted by Gasteiger charge is 2.20. The minimum atomic E-state index is 0.0867. The molecular formula is C18H28N2O. The summed E-state index contributed by atoms with van der Waals surface area (Å²) in [6, 6.07) is 6.51. The fraction of sp³-hybridized carbons (Fsp3) is 0.611. The number of piperidine rings is 1. The Hall–Kier alpha value is -1.35. The van der Waals surface area contributed by atoms with Gasteiger partial charge in [0.1, 0.15) is 0 Å². The highest BCUT2D eigenvalue weighted by atomic mass is 16.1. The minimum Gasteiger partial charge on any atom is -0.350 e. The number of hydrogen-bond acceptors (Lipinski definition) is 2. The van der Waals surface area contributed by atoms with Crippen LogP contribution in [0.1, 0.15) is 48.9 Å². The van der Waals surface area contributed by atoms with Gasteiger partial charge in [-0.3, -0.25) is 4.79 Å². The summed E-state index contributed by atoms with van der Waals surface area (Å²) < 4.78 is 0. The van der Waals surface area contributed by atoms with Gasteiger partial charge >= 0.3 is 0 Å². The number of nitrogens with zero attached hydrogens (tertiary/aromatic N) is 1. The zero-order chi connectivity index (χ0) is 15.4. The largest absolute Gasteiger partial charge is 0.350 e. The maximum atomic E-state index is 12.2. The van der Waals surface area contributed by atoms with Crippen molar-refractivity contribution in [2.45, 2.75) is 46.1 Å². The van der Waals surface area contributed by atoms with Crippen LogP contribution in [0.15, 0.2) is 18.2 Å². The predicted octanol–water partition coefficient (Wildman–Crippen LogP) is 3.21. The molecule has 0 saturated carbocycles. The third kappa shape index (κ3) is 4.57. The Morgan fingerprint density at radius 1 is 1.33 bits per heavy atom. The summed E-state index contributed by atoms with van der Waals surface area (Å²) in [6.45, 7) is 8.51. The monoisotopic (exact) mass is 288 g/mol. The number of benzene rings is 1. The van der Waals surface area contributed by atoms with Crippen LogP contribution in [0.25, 0.3) is 0 Å². The van der Waals surface area contributed by atoms with Gasteiger partial charge in [-0.15, -0.1) is 0 Å². The van der Waals surface area contributed by atoms with Crippen molar-refractivity contribution in [2.24, 2.45) is 5.92 Å². The second-order valence-corrected chi connectivity index (χ2v) is 6.60. The Kier molecular flexibility index (Phi) is 5.40. The standard InChI is InChI=1S/C18H28N2O/c1-13-5-6-14(2)17(11-13)15(3)19-18(21)12-16-7-9-20(4)10-8-16/h5-6,11,15-16H,7-10,12H2,1-4H3,(H,19,21)/t15-/m1/s1. The molecule has 0 unspecified atom stereocenters. The van der Waals surface area contributed by atoms with Crippen LogP contribution in [0, 0.1) is 19.8 Å². The number of amides is 1. The summed E-state index contributed by atoms with van der Waals surface area (Å²) in [6.07, 6.45) is 2.95. The Labute approximate surface area is 128 Å². The quantitative estimate of drug-likeness (QED) is 0.922. The lowest BCUT2D eigenvalue weighted by Gasteiger charge is -2.29. The molecule has 1 aromatic carbocycles. The van der Waals surface area contributed by atoms with Crippen LogP contribution in [0.5, 0.6) is 0 Å². The van der Waals surface area contributed by atoms with Crippen molar-refractivity contribution in [3.8, 4) is 0 Å². The lowest BCUT2D eigenvalue weighted by Crippen LogP contribution is -2.34. The maximum Gasteiger partial charge on any atom is 0.220 e. The second-order valence-electron chi connectivity index (χ2n) is 6.60. The molecule has 0 aliphatic carbocycles. The molecule has 0 bridgehead atoms. The third-order valence-electron chi connectivity index (χ3n) is 4.59. The van der Waals surface area contributed by atoms with Gasteiger partial charge in [0.15, 0.2) is 0 Å². The van der Waals surface area contributed by atoms with Gasteiger partial charge < -0.3 is 10.2 Å². The van der Waals surface area contributed by atoms with Crippen LogP contribution in [-0.2, 0) is 4.79 Å². The van der Waals surface area contributed by atoms with Crippen molar-refractivity contribution >= 4 is 5.91 Å². The van der Waals surface area contributed by atoms with Gasteiger partial charge in [0.05, 0.1) is 6.04 Å². The molecule has 1 aliphatic rings. The third-order valence-corrected chi connectivity index (χ3v) is 4.59. The van der Waals surface area contributed by atoms with Crippen LogP contribution >= 0.6 is 0 Å². The van der Waals surface area contributed by atoms with E-state index in [1.54, 1.807) is 0 Å². The smallest absolute Gasteiger partial charge is 0.220 e. The van der Waals surface area contributed by atoms with E-state index in [1.807, 2.05) is 0 Å². The van der Waals surface area contributed by atoms with E-state index in [0.717, 1.165) is 25.9 Å². The van der Waals surface area contributed by atoms with E-state index in [0.29, 0.717) is 12.3 Å². The maximum absolute atomic E-state index is 12.2. The minimum absolute atomic E-state index is 0.0867. The first-order valence-corrected chi connectivity index (χ1v) is 8.00. The van der Waals surface area contributed by atoms with Gasteiger partial charge in [0.25, 0.3) is 0 Å². The van der Waals surface area contributed by atoms with Crippen LogP contribution in [0.4, 0.5) is 0 Å². The summed E-state index contributed by atoms with van der Waals surface area (Å²) in [5.41, 5.74) is 3.71. The van der Waals surface area contributed by atoms with E-state index in [1.165, 1.54) is 16.7 Å². The van der Waals surface area contributed by atoms with E-state index in [9.17, 15) is 4.79 Å². The first-order chi connectivity index (χ1) is 9.95. The highest BCUT2D eigenvalue weighted by Crippen LogP contribution is 2.22. The number of nitrogens with one attached hydrogen (secondary N) is 1. The molecule has 1 fully saturated rings. The van der Waals surface area contributed by atoms with Crippen molar-refractivity contribution in [3.05, 3.63) is 34.9 Å². The van der Waals surface area contributed by atoms with Gasteiger partial charge in [0.2, 0.25) is 5.91 Å². The zero-order valence-corrected chi connectivity index (χ0v) is 13.8. The van der Waals surface area contributed by atoms with Gasteiger partial charge in [-0.25, -0.2) is 0 Å². The van der Waals surface area contributed by atoms with Gasteiger partial charge in [0, 0.05) is 6.42 Å². The van der Waals surface area contributed by atoms with Gasteiger partial charge in [-0.05, 0) is 70.8 Å². The molecule has 1 aliphatic heterocycles. The summed E-state index contributed by atoms with van der Waals surface area (Å²) in [4.78, 5) is 14.6. The first kappa shape index (κ1) is 16.0. The molecule has 1 heterocycles. The first-order valence-electron chi connectivity index (χ1n) is 8.00. The molecule has 0 aromatic heterocycles. The number of carbonyl (C=O) groups excluding carboxylic acids is 1. The van der Waals surface area contributed by atoms with Crippen LogP contribution in [-0.4, -0.2) is 30.9 Å². The number of carbonyl (C=O) groups is 1. The summed E-state index contributed by atoms with van der Waals surface area (Å²) >= 11 is 0. The molecular weight excluding hydrogens is 260 g/mol. The van der Waals surface area contributed by atoms with Crippen LogP contribution < -0.4 is 5.32 Å². The topological polar surface area (TPSA) is 32.3 Å². The fourth-order valence-corrected chi connectivity index (χ4v) is 3.13. The molecule has 1 atom stereocenters. The molecule has 0 spiro atoms. The molecule has 116 valence electrons. The molecule has 1 N–H and O–H groups in total. The SMILES string of the molecule is Cc1ccc(C)c([C@@H](C)NC(=O)CC2CCN(C)CC2)c1. The van der Waals surface area contributed by atoms with Gasteiger partial charge in [-0.1, -0.05) is 23.8 Å². The van der Waals surface area contributed by atoms with E-state index in [4.69, 9.17) is 0 Å². The van der Waals surface area contributed by atoms with Crippen molar-refractivity contribution in [3.63, 3.8) is 0 Å². The Morgan fingerprint density at radius 2 is 2.00 bits per heavy atom. The van der Waals surface area contributed by atoms with E-state index in [-0.39, 0.29) is 11.9 Å². The molecule has 1 amide bonds. The second kappa shape index (κ2) is 7.08. The lowest BCUT2D eigenvalue weighted by atomic mass is 9.93. The van der Waals surface area contributed by atoms with Crippen molar-refractivity contribution in [1.82, 2.24) is 10.2 Å². The molecule has 0 radical (unpaired) electrons. The van der Waals surface area contributed by atoms with Crippen molar-refractivity contribution in [2.75, 3.05) is 20.1 Å². The van der Waals surface area contributed by atoms with Crippen LogP contribution in [0.3, 0.4) is 0 Å². The summed E-state index contributed by atoms with van der Waals surface area (Å²) in [7, 11) is 2.15. The number of hydrogen-bond donors (Lipinski definition) is 1. The fourth-order valence-electron chi connectivity index (χ4n) is 3.13. The van der Waals surface area contributed by atoms with E-state index >= 15 is 0 Å². The average Bonchev–Trinajstić information content (AvgIpc) is 2.44. The Balaban J connectivity index is 1.88. The number of aryl methyl sites for hydroxylation is 2. The van der Waals surface area contributed by atoms with Crippen molar-refractivity contribution < 1.29 is 4.79 Å². The Bertz CT molecular complexity index is 490. The lowest BCUT2D eigenvalue weighted by molar-refractivity contribution is -0.123. The summed E-state index contributed by atoms with van der Waals surface area (Å²) in [5, 5.41) is 3.17. The molecule has 3 nitrogen and oxygen atoms in total. The predicted molar refractivity (Wildman–Crippen MR) is 87.3 cm³/mol. The normalized spacial score (nSPS) is 18.5. The highest BCUT2D eigenvalue weighted by molar-refractivity contribution is 5.76. The molecule has 21 heavy (non-hydrogen) atoms. The van der Waals surface area contributed by atoms with Crippen molar-refractivity contribution in [1.29, 1.82) is 0 Å². The van der Waals surface area contributed by atoms with E-state index < -0.39 is 0 Å². The molecule has 3 heteroatoms. The summed E-state index contributed by atoms with van der Waals surface area (Å²) in [5.74, 6) is 0.741. The number of rotatable bonds is 4. The molecule has 1 aromatic rings. The molecule has 1 saturated heterocycles. The van der Waals surface area contributed by atoms with E-state index in [2.05, 4.69) is 56.2 Å². The average molecular weight is 288 g/mol. The van der Waals surface area contributed by atoms with Gasteiger partial charge in [-0.2, -0.15) is 0 Å². The number of likely N-dealkylation sites (tertiary alicyclic amines) is 1. The zero-order valence-electron chi connectivity index (χ0n) is 13.8. The molecule has 2 rings (SSSR count). The Morgan fingerprint density at radius 3 is 2.67 bits per heavy atom.